The van der Waals surface area contributed by atoms with Crippen LogP contribution in [0.1, 0.15) is 24.1 Å². The zero-order chi connectivity index (χ0) is 25.7. The van der Waals surface area contributed by atoms with Gasteiger partial charge in [-0.1, -0.05) is 115 Å². The summed E-state index contributed by atoms with van der Waals surface area (Å²) in [6, 6.07) is 43.2. The minimum absolute atomic E-state index is 1.04. The molecule has 0 unspecified atom stereocenters. The normalized spacial score (nSPS) is 14.1. The van der Waals surface area contributed by atoms with Gasteiger partial charge in [0.15, 0.2) is 0 Å². The molecule has 0 saturated heterocycles. The van der Waals surface area contributed by atoms with Crippen molar-refractivity contribution in [3.63, 3.8) is 0 Å². The smallest absolute Gasteiger partial charge is 0.0723 e. The molecule has 0 aliphatic heterocycles. The van der Waals surface area contributed by atoms with Crippen molar-refractivity contribution in [2.24, 2.45) is 0 Å². The third-order valence-corrected chi connectivity index (χ3v) is 9.33. The Hall–Kier alpha value is -3.53. The number of thioether (sulfide) groups is 2. The monoisotopic (exact) mass is 527 g/mol. The molecule has 0 radical (unpaired) electrons. The van der Waals surface area contributed by atoms with Crippen molar-refractivity contribution in [3.05, 3.63) is 137 Å². The predicted octanol–water partition coefficient (Wildman–Crippen LogP) is 10.2. The number of rotatable bonds is 6. The molecule has 0 fully saturated rings. The fraction of sp³-hybridized carbons (Fsp3) is 0.114. The second-order valence-corrected chi connectivity index (χ2v) is 11.6. The summed E-state index contributed by atoms with van der Waals surface area (Å²) in [4.78, 5) is 6.59. The Kier molecular flexibility index (Phi) is 7.48. The molecule has 38 heavy (non-hydrogen) atoms. The molecule has 1 aliphatic rings. The third-order valence-electron chi connectivity index (χ3n) is 7.02. The molecule has 1 heterocycles. The highest BCUT2D eigenvalue weighted by Gasteiger charge is 2.24. The van der Waals surface area contributed by atoms with Crippen molar-refractivity contribution in [2.45, 2.75) is 24.2 Å². The van der Waals surface area contributed by atoms with Gasteiger partial charge in [-0.15, -0.1) is 11.8 Å². The molecule has 0 saturated carbocycles. The molecule has 0 spiro atoms. The summed E-state index contributed by atoms with van der Waals surface area (Å²) in [5.41, 5.74) is 11.2. The van der Waals surface area contributed by atoms with Crippen LogP contribution in [0.15, 0.2) is 130 Å². The number of nitrogens with zero attached hydrogens (tertiary/aromatic N) is 1. The van der Waals surface area contributed by atoms with E-state index < -0.39 is 0 Å². The van der Waals surface area contributed by atoms with E-state index in [1.165, 1.54) is 48.2 Å². The molecular weight excluding hydrogens is 499 g/mol. The Labute approximate surface area is 234 Å². The molecule has 0 atom stereocenters. The topological polar surface area (TPSA) is 12.9 Å². The Morgan fingerprint density at radius 1 is 0.632 bits per heavy atom. The first-order valence-electron chi connectivity index (χ1n) is 13.1. The molecule has 3 heteroatoms. The van der Waals surface area contributed by atoms with Gasteiger partial charge < -0.3 is 0 Å². The Morgan fingerprint density at radius 3 is 1.84 bits per heavy atom. The first-order valence-corrected chi connectivity index (χ1v) is 15.1. The molecule has 5 aromatic rings. The SMILES string of the molecule is CSC(Sc1ccc(-c2ccccc2)cc1)=C1CCCc2c(-c3ccccc3)cc(-c3ccccc3)nc21. The predicted molar refractivity (Wildman–Crippen MR) is 166 cm³/mol. The second-order valence-electron chi connectivity index (χ2n) is 9.43. The fourth-order valence-electron chi connectivity index (χ4n) is 5.14. The molecule has 0 N–H and O–H groups in total. The quantitative estimate of drug-likeness (QED) is 0.204. The molecule has 1 aromatic heterocycles. The van der Waals surface area contributed by atoms with E-state index in [4.69, 9.17) is 4.98 Å². The highest BCUT2D eigenvalue weighted by atomic mass is 32.2. The van der Waals surface area contributed by atoms with Gasteiger partial charge in [-0.25, -0.2) is 4.98 Å². The summed E-state index contributed by atoms with van der Waals surface area (Å²) in [7, 11) is 0. The van der Waals surface area contributed by atoms with Crippen LogP contribution < -0.4 is 0 Å². The lowest BCUT2D eigenvalue weighted by Crippen LogP contribution is -2.09. The number of hydrogen-bond acceptors (Lipinski definition) is 3. The zero-order valence-electron chi connectivity index (χ0n) is 21.4. The molecule has 0 amide bonds. The van der Waals surface area contributed by atoms with Crippen LogP contribution in [-0.2, 0) is 6.42 Å². The Morgan fingerprint density at radius 2 is 1.21 bits per heavy atom. The Balaban J connectivity index is 1.43. The van der Waals surface area contributed by atoms with E-state index in [2.05, 4.69) is 128 Å². The van der Waals surface area contributed by atoms with Gasteiger partial charge in [0.05, 0.1) is 15.6 Å². The summed E-state index contributed by atoms with van der Waals surface area (Å²) in [6.07, 6.45) is 5.45. The van der Waals surface area contributed by atoms with Crippen molar-refractivity contribution in [2.75, 3.05) is 6.26 Å². The minimum Gasteiger partial charge on any atom is -0.248 e. The number of pyridine rings is 1. The van der Waals surface area contributed by atoms with E-state index in [0.717, 1.165) is 30.5 Å². The number of benzene rings is 4. The number of allylic oxidation sites excluding steroid dienone is 1. The van der Waals surface area contributed by atoms with E-state index >= 15 is 0 Å². The summed E-state index contributed by atoms with van der Waals surface area (Å²) >= 11 is 3.71. The van der Waals surface area contributed by atoms with E-state index in [-0.39, 0.29) is 0 Å². The van der Waals surface area contributed by atoms with Crippen LogP contribution in [0.5, 0.6) is 0 Å². The average molecular weight is 528 g/mol. The maximum atomic E-state index is 5.33. The zero-order valence-corrected chi connectivity index (χ0v) is 23.1. The standard InChI is InChI=1S/C35H29NS2/c1-37-35(38-29-22-20-26(21-23-29)25-12-5-2-6-13-25)31-19-11-18-30-32(27-14-7-3-8-15-27)24-33(36-34(30)31)28-16-9-4-10-17-28/h2-10,12-17,20-24H,11,18-19H2,1H3. The average Bonchev–Trinajstić information content (AvgIpc) is 3.01. The van der Waals surface area contributed by atoms with E-state index in [1.807, 2.05) is 23.5 Å². The lowest BCUT2D eigenvalue weighted by molar-refractivity contribution is 0.811. The van der Waals surface area contributed by atoms with Crippen LogP contribution in [0, 0.1) is 0 Å². The Bertz CT molecular complexity index is 1560. The molecule has 4 aromatic carbocycles. The van der Waals surface area contributed by atoms with Crippen LogP contribution in [0.2, 0.25) is 0 Å². The number of aromatic nitrogens is 1. The van der Waals surface area contributed by atoms with Gasteiger partial charge in [-0.2, -0.15) is 0 Å². The first kappa shape index (κ1) is 24.8. The van der Waals surface area contributed by atoms with Crippen LogP contribution in [-0.4, -0.2) is 11.2 Å². The summed E-state index contributed by atoms with van der Waals surface area (Å²) in [5, 5.41) is 0. The first-order chi connectivity index (χ1) is 18.8. The van der Waals surface area contributed by atoms with Crippen molar-refractivity contribution < 1.29 is 0 Å². The van der Waals surface area contributed by atoms with Crippen molar-refractivity contribution in [3.8, 4) is 33.5 Å². The van der Waals surface area contributed by atoms with Crippen LogP contribution in [0.4, 0.5) is 0 Å². The molecule has 1 nitrogen and oxygen atoms in total. The van der Waals surface area contributed by atoms with E-state index in [9.17, 15) is 0 Å². The van der Waals surface area contributed by atoms with Gasteiger partial charge in [0.1, 0.15) is 0 Å². The summed E-state index contributed by atoms with van der Waals surface area (Å²) < 4.78 is 1.34. The van der Waals surface area contributed by atoms with Crippen LogP contribution >= 0.6 is 23.5 Å². The maximum Gasteiger partial charge on any atom is 0.0723 e. The van der Waals surface area contributed by atoms with Gasteiger partial charge in [0.25, 0.3) is 0 Å². The van der Waals surface area contributed by atoms with Gasteiger partial charge in [0, 0.05) is 10.5 Å². The molecule has 186 valence electrons. The van der Waals surface area contributed by atoms with Crippen molar-refractivity contribution in [1.29, 1.82) is 0 Å². The van der Waals surface area contributed by atoms with Crippen LogP contribution in [0.25, 0.3) is 39.1 Å². The molecule has 6 rings (SSSR count). The molecule has 0 bridgehead atoms. The molecule has 1 aliphatic carbocycles. The summed E-state index contributed by atoms with van der Waals surface area (Å²) in [5.74, 6) is 0. The summed E-state index contributed by atoms with van der Waals surface area (Å²) in [6.45, 7) is 0. The van der Waals surface area contributed by atoms with Gasteiger partial charge in [-0.3, -0.25) is 0 Å². The second kappa shape index (κ2) is 11.5. The van der Waals surface area contributed by atoms with Crippen molar-refractivity contribution in [1.82, 2.24) is 4.98 Å². The molecular formula is C35H29NS2. The van der Waals surface area contributed by atoms with E-state index in [0.29, 0.717) is 0 Å². The number of fused-ring (bicyclic) bond motifs is 1. The largest absolute Gasteiger partial charge is 0.248 e. The van der Waals surface area contributed by atoms with Crippen LogP contribution in [0.3, 0.4) is 0 Å². The lowest BCUT2D eigenvalue weighted by atomic mass is 9.86. The van der Waals surface area contributed by atoms with E-state index in [1.54, 1.807) is 0 Å². The highest BCUT2D eigenvalue weighted by Crippen LogP contribution is 2.46. The van der Waals surface area contributed by atoms with Gasteiger partial charge in [-0.05, 0) is 77.1 Å². The maximum absolute atomic E-state index is 5.33. The third kappa shape index (κ3) is 5.22. The lowest BCUT2D eigenvalue weighted by Gasteiger charge is -2.25. The fourth-order valence-corrected chi connectivity index (χ4v) is 7.02. The van der Waals surface area contributed by atoms with Gasteiger partial charge >= 0.3 is 0 Å². The highest BCUT2D eigenvalue weighted by molar-refractivity contribution is 8.22. The minimum atomic E-state index is 1.04. The van der Waals surface area contributed by atoms with Gasteiger partial charge in [0.2, 0.25) is 0 Å². The van der Waals surface area contributed by atoms with Crippen molar-refractivity contribution >= 4 is 29.1 Å². The number of hydrogen-bond donors (Lipinski definition) is 0.